The third-order valence-electron chi connectivity index (χ3n) is 9.88. The Hall–Kier alpha value is -5.87. The Kier molecular flexibility index (Phi) is 13.4. The largest absolute Gasteiger partial charge is 0.486 e. The average Bonchev–Trinajstić information content (AvgIpc) is 3.72. The summed E-state index contributed by atoms with van der Waals surface area (Å²) in [5.74, 6) is -4.27. The molecule has 0 saturated heterocycles. The van der Waals surface area contributed by atoms with Gasteiger partial charge in [-0.05, 0) is 77.1 Å². The lowest BCUT2D eigenvalue weighted by atomic mass is 9.90. The predicted octanol–water partition coefficient (Wildman–Crippen LogP) is 6.67. The van der Waals surface area contributed by atoms with Crippen LogP contribution >= 0.6 is 11.3 Å². The Bertz CT molecular complexity index is 2050. The van der Waals surface area contributed by atoms with Gasteiger partial charge in [-0.15, -0.1) is 11.3 Å². The molecule has 0 radical (unpaired) electrons. The summed E-state index contributed by atoms with van der Waals surface area (Å²) in [5, 5.41) is 17.9. The number of hydrogen-bond acceptors (Lipinski definition) is 7. The molecule has 0 spiro atoms. The van der Waals surface area contributed by atoms with Crippen LogP contribution in [0.1, 0.15) is 40.8 Å². The van der Waals surface area contributed by atoms with Crippen molar-refractivity contribution in [1.29, 1.82) is 0 Å². The second-order valence-corrected chi connectivity index (χ2v) is 15.0. The van der Waals surface area contributed by atoms with Crippen molar-refractivity contribution in [1.82, 2.24) is 10.6 Å². The molecular weight excluding hydrogens is 713 g/mol. The molecule has 3 N–H and O–H groups in total. The minimum absolute atomic E-state index is 0.0850. The van der Waals surface area contributed by atoms with E-state index in [-0.39, 0.29) is 44.5 Å². The zero-order valence-electron chi connectivity index (χ0n) is 30.4. The first-order valence-corrected chi connectivity index (χ1v) is 19.4. The number of hydrogen-bond donors (Lipinski definition) is 3. The van der Waals surface area contributed by atoms with E-state index in [1.165, 1.54) is 11.3 Å². The number of rotatable bonds is 9. The molecule has 3 heterocycles. The summed E-state index contributed by atoms with van der Waals surface area (Å²) in [6, 6.07) is 35.6. The van der Waals surface area contributed by atoms with Crippen molar-refractivity contribution in [3.8, 4) is 16.9 Å². The number of amides is 2. The minimum atomic E-state index is -1.13. The number of carboxylic acids is 1. The molecule has 0 fully saturated rings. The number of ether oxygens (including phenoxy) is 1. The van der Waals surface area contributed by atoms with Gasteiger partial charge in [0.1, 0.15) is 18.4 Å². The maximum atomic E-state index is 14.4. The third kappa shape index (κ3) is 11.3. The van der Waals surface area contributed by atoms with Crippen molar-refractivity contribution in [3.05, 3.63) is 148 Å². The Labute approximate surface area is 324 Å². The summed E-state index contributed by atoms with van der Waals surface area (Å²) in [6.07, 6.45) is 0.763. The predicted molar refractivity (Wildman–Crippen MR) is 212 cm³/mol. The molecule has 0 unspecified atom stereocenters. The molecule has 2 aliphatic heterocycles. The summed E-state index contributed by atoms with van der Waals surface area (Å²) in [6.45, 7) is -0.263. The van der Waals surface area contributed by atoms with Crippen LogP contribution in [0.2, 0.25) is 0 Å². The monoisotopic (exact) mass is 756 g/mol. The van der Waals surface area contributed by atoms with E-state index in [1.807, 2.05) is 102 Å². The molecule has 5 aromatic rings. The summed E-state index contributed by atoms with van der Waals surface area (Å²) >= 11 is 1.48. The molecule has 55 heavy (non-hydrogen) atoms. The minimum Gasteiger partial charge on any atom is -0.486 e. The number of aryl methyl sites for hydroxylation is 1. The lowest BCUT2D eigenvalue weighted by Crippen LogP contribution is -2.54. The molecular formula is C45H44N2O7S. The molecule has 2 amide bonds. The maximum Gasteiger partial charge on any atom is 0.307 e. The van der Waals surface area contributed by atoms with Crippen molar-refractivity contribution in [2.24, 2.45) is 11.8 Å². The van der Waals surface area contributed by atoms with E-state index < -0.39 is 47.5 Å². The SMILES string of the molecule is O=C1COc2ccc(cc2)C[C@@H](C(=O)O)CC(=O)[C@@H](CCc2ccccc2)NC(=O)[C@H](Cc2ccc(-c3ccccc3)cc2)NC(=O)[C@@H](Cc2cccs2)C1. The van der Waals surface area contributed by atoms with Crippen molar-refractivity contribution in [2.75, 3.05) is 6.61 Å². The summed E-state index contributed by atoms with van der Waals surface area (Å²) in [5.41, 5.74) is 4.45. The van der Waals surface area contributed by atoms with Gasteiger partial charge in [-0.1, -0.05) is 103 Å². The number of benzene rings is 4. The van der Waals surface area contributed by atoms with Crippen molar-refractivity contribution < 1.29 is 33.8 Å². The van der Waals surface area contributed by atoms with E-state index in [9.17, 15) is 29.1 Å². The molecule has 7 rings (SSSR count). The van der Waals surface area contributed by atoms with E-state index in [1.54, 1.807) is 24.3 Å². The number of carboxylic acid groups (broad SMARTS) is 1. The summed E-state index contributed by atoms with van der Waals surface area (Å²) < 4.78 is 5.77. The van der Waals surface area contributed by atoms with Gasteiger partial charge in [0.15, 0.2) is 11.6 Å². The van der Waals surface area contributed by atoms with Gasteiger partial charge in [0.25, 0.3) is 0 Å². The number of fused-ring (bicyclic) bond motifs is 16. The quantitative estimate of drug-likeness (QED) is 0.153. The number of thiophene rings is 1. The van der Waals surface area contributed by atoms with Crippen LogP contribution in [-0.2, 0) is 49.7 Å². The van der Waals surface area contributed by atoms with Crippen LogP contribution in [0.25, 0.3) is 11.1 Å². The fourth-order valence-corrected chi connectivity index (χ4v) is 7.59. The number of Topliss-reactive ketones (excluding diaryl/α,β-unsaturated/α-hetero) is 2. The lowest BCUT2D eigenvalue weighted by molar-refractivity contribution is -0.144. The van der Waals surface area contributed by atoms with E-state index in [2.05, 4.69) is 10.6 Å². The summed E-state index contributed by atoms with van der Waals surface area (Å²) in [4.78, 5) is 69.2. The fraction of sp³-hybridized carbons (Fsp3) is 0.267. The zero-order valence-corrected chi connectivity index (χ0v) is 31.2. The van der Waals surface area contributed by atoms with E-state index in [4.69, 9.17) is 4.74 Å². The molecule has 282 valence electrons. The van der Waals surface area contributed by atoms with Crippen LogP contribution in [0.3, 0.4) is 0 Å². The van der Waals surface area contributed by atoms with Crippen molar-refractivity contribution in [3.63, 3.8) is 0 Å². The first-order valence-electron chi connectivity index (χ1n) is 18.5. The number of aliphatic carboxylic acids is 1. The molecule has 4 atom stereocenters. The molecule has 0 saturated carbocycles. The highest BCUT2D eigenvalue weighted by atomic mass is 32.1. The van der Waals surface area contributed by atoms with E-state index >= 15 is 0 Å². The Morgan fingerprint density at radius 3 is 2.02 bits per heavy atom. The lowest BCUT2D eigenvalue weighted by Gasteiger charge is -2.26. The van der Waals surface area contributed by atoms with Gasteiger partial charge in [-0.3, -0.25) is 24.0 Å². The van der Waals surface area contributed by atoms with Gasteiger partial charge < -0.3 is 20.5 Å². The number of carbonyl (C=O) groups excluding carboxylic acids is 4. The third-order valence-corrected chi connectivity index (χ3v) is 10.8. The second kappa shape index (κ2) is 18.9. The van der Waals surface area contributed by atoms with Gasteiger partial charge in [-0.2, -0.15) is 0 Å². The topological polar surface area (TPSA) is 139 Å². The number of nitrogens with one attached hydrogen (secondary N) is 2. The Morgan fingerprint density at radius 1 is 0.673 bits per heavy atom. The fourth-order valence-electron chi connectivity index (χ4n) is 6.80. The van der Waals surface area contributed by atoms with Crippen LogP contribution < -0.4 is 15.4 Å². The molecule has 1 aromatic heterocycles. The van der Waals surface area contributed by atoms with Crippen LogP contribution in [0.5, 0.6) is 5.75 Å². The normalized spacial score (nSPS) is 20.0. The van der Waals surface area contributed by atoms with Crippen LogP contribution in [0.4, 0.5) is 0 Å². The van der Waals surface area contributed by atoms with Gasteiger partial charge >= 0.3 is 5.97 Å². The van der Waals surface area contributed by atoms with Gasteiger partial charge in [0, 0.05) is 30.1 Å². The van der Waals surface area contributed by atoms with Gasteiger partial charge in [0.2, 0.25) is 11.8 Å². The van der Waals surface area contributed by atoms with Crippen molar-refractivity contribution >= 4 is 40.7 Å². The highest BCUT2D eigenvalue weighted by Crippen LogP contribution is 2.23. The zero-order chi connectivity index (χ0) is 38.6. The number of ketones is 2. The Morgan fingerprint density at radius 2 is 1.35 bits per heavy atom. The Balaban J connectivity index is 1.33. The number of carbonyl (C=O) groups is 5. The molecule has 0 aliphatic carbocycles. The van der Waals surface area contributed by atoms with Crippen LogP contribution in [-0.4, -0.2) is 53.1 Å². The first-order chi connectivity index (χ1) is 26.7. The van der Waals surface area contributed by atoms with Gasteiger partial charge in [0.05, 0.1) is 12.0 Å². The van der Waals surface area contributed by atoms with Crippen LogP contribution in [0, 0.1) is 11.8 Å². The van der Waals surface area contributed by atoms with Gasteiger partial charge in [-0.25, -0.2) is 0 Å². The molecule has 10 heteroatoms. The average molecular weight is 757 g/mol. The highest BCUT2D eigenvalue weighted by molar-refractivity contribution is 7.09. The standard InChI is InChI=1S/C45H44N2O7S/c48-37-26-35(27-39-12-7-23-55-39)43(50)47-41(25-32-13-18-34(19-14-32)33-10-5-2-6-11-33)44(51)46-40(22-17-30-8-3-1-4-9-30)42(49)28-36(45(52)53)24-31-15-20-38(21-16-31)54-29-37/h1-16,18-21,23,35-36,40-41H,17,22,24-29H2,(H,46,51)(H,47,50)(H,52,53)/t35-,36-,40-,41+/m1/s1. The first kappa shape index (κ1) is 38.8. The second-order valence-electron chi connectivity index (χ2n) is 14.0. The smallest absolute Gasteiger partial charge is 0.307 e. The molecule has 9 nitrogen and oxygen atoms in total. The van der Waals surface area contributed by atoms with E-state index in [0.29, 0.717) is 24.2 Å². The molecule has 2 bridgehead atoms. The van der Waals surface area contributed by atoms with Crippen LogP contribution in [0.15, 0.2) is 127 Å². The highest BCUT2D eigenvalue weighted by Gasteiger charge is 2.32. The maximum absolute atomic E-state index is 14.4. The van der Waals surface area contributed by atoms with E-state index in [0.717, 1.165) is 27.1 Å². The molecule has 2 aliphatic rings. The summed E-state index contributed by atoms with van der Waals surface area (Å²) in [7, 11) is 0. The molecule has 4 aromatic carbocycles. The van der Waals surface area contributed by atoms with Crippen molar-refractivity contribution in [2.45, 2.75) is 57.0 Å².